The summed E-state index contributed by atoms with van der Waals surface area (Å²) in [6, 6.07) is 2.50. The number of amides is 1. The Morgan fingerprint density at radius 2 is 1.97 bits per heavy atom. The zero-order chi connectivity index (χ0) is 24.1. The minimum atomic E-state index is -4.74. The molecule has 2 aliphatic rings. The van der Waals surface area contributed by atoms with E-state index in [1.54, 1.807) is 11.8 Å². The molecule has 2 aliphatic heterocycles. The number of carbonyl (C=O) groups excluding carboxylic acids is 1. The standard InChI is InChI=1S/C19H19F5N5O3P/c1-9-8-28(4-5-29(9)31)13-7-10(18(20,21)22)6-12(26-13)11-2-3-25-16-14(11)15(19(23,24)33)32-17(30)27-16/h2-3,6-7,9,15,31H,4-5,8,33H2,1H3,(H,25,27,30)/t9-,15+/m0/s1. The number of nitrogens with one attached hydrogen (secondary N) is 1. The lowest BCUT2D eigenvalue weighted by Crippen LogP contribution is -2.50. The van der Waals surface area contributed by atoms with Gasteiger partial charge in [0.25, 0.3) is 5.66 Å². The molecule has 4 rings (SSSR count). The molecule has 2 N–H and O–H groups in total. The molecule has 8 nitrogen and oxygen atoms in total. The van der Waals surface area contributed by atoms with Gasteiger partial charge in [-0.2, -0.15) is 27.0 Å². The highest BCUT2D eigenvalue weighted by atomic mass is 31.0. The lowest BCUT2D eigenvalue weighted by Gasteiger charge is -2.37. The average molecular weight is 491 g/mol. The first-order chi connectivity index (χ1) is 15.3. The Bertz CT molecular complexity index is 1080. The van der Waals surface area contributed by atoms with Gasteiger partial charge in [-0.1, -0.05) is 9.24 Å². The maximum absolute atomic E-state index is 14.3. The number of carbonyl (C=O) groups is 1. The van der Waals surface area contributed by atoms with Crippen molar-refractivity contribution in [2.24, 2.45) is 0 Å². The van der Waals surface area contributed by atoms with E-state index in [0.29, 0.717) is 0 Å². The maximum Gasteiger partial charge on any atom is 0.416 e. The van der Waals surface area contributed by atoms with Crippen molar-refractivity contribution >= 4 is 27.0 Å². The Kier molecular flexibility index (Phi) is 5.92. The summed E-state index contributed by atoms with van der Waals surface area (Å²) in [5, 5.41) is 13.1. The monoisotopic (exact) mass is 491 g/mol. The van der Waals surface area contributed by atoms with E-state index in [0.717, 1.165) is 17.2 Å². The zero-order valence-electron chi connectivity index (χ0n) is 17.1. The van der Waals surface area contributed by atoms with Crippen molar-refractivity contribution in [3.8, 4) is 11.3 Å². The summed E-state index contributed by atoms with van der Waals surface area (Å²) in [6.07, 6.45) is -6.83. The van der Waals surface area contributed by atoms with Gasteiger partial charge in [-0.3, -0.25) is 5.32 Å². The smallest absolute Gasteiger partial charge is 0.416 e. The number of halogens is 5. The van der Waals surface area contributed by atoms with Crippen LogP contribution in [0.5, 0.6) is 0 Å². The third-order valence-electron chi connectivity index (χ3n) is 5.38. The Balaban J connectivity index is 1.88. The molecule has 0 saturated carbocycles. The van der Waals surface area contributed by atoms with Crippen LogP contribution in [0.1, 0.15) is 24.2 Å². The van der Waals surface area contributed by atoms with E-state index in [1.807, 2.05) is 0 Å². The summed E-state index contributed by atoms with van der Waals surface area (Å²) in [5.74, 6) is -0.278. The molecule has 0 aliphatic carbocycles. The van der Waals surface area contributed by atoms with Gasteiger partial charge < -0.3 is 14.8 Å². The highest BCUT2D eigenvalue weighted by molar-refractivity contribution is 7.18. The molecule has 3 atom stereocenters. The molecule has 1 amide bonds. The van der Waals surface area contributed by atoms with Crippen molar-refractivity contribution in [3.05, 3.63) is 35.5 Å². The van der Waals surface area contributed by atoms with Gasteiger partial charge in [0.05, 0.1) is 16.8 Å². The predicted octanol–water partition coefficient (Wildman–Crippen LogP) is 4.13. The summed E-state index contributed by atoms with van der Waals surface area (Å²) >= 11 is 0. The zero-order valence-corrected chi connectivity index (χ0v) is 18.3. The quantitative estimate of drug-likeness (QED) is 0.493. The number of hydrogen-bond donors (Lipinski definition) is 2. The van der Waals surface area contributed by atoms with Crippen LogP contribution in [0.2, 0.25) is 0 Å². The molecule has 2 aromatic heterocycles. The van der Waals surface area contributed by atoms with Crippen molar-refractivity contribution in [2.75, 3.05) is 29.9 Å². The van der Waals surface area contributed by atoms with Crippen molar-refractivity contribution < 1.29 is 36.7 Å². The number of hydroxylamine groups is 2. The molecule has 4 heterocycles. The highest BCUT2D eigenvalue weighted by Gasteiger charge is 2.45. The molecule has 33 heavy (non-hydrogen) atoms. The van der Waals surface area contributed by atoms with E-state index in [1.165, 1.54) is 21.5 Å². The lowest BCUT2D eigenvalue weighted by molar-refractivity contribution is -0.137. The first kappa shape index (κ1) is 23.5. The molecule has 178 valence electrons. The molecule has 0 radical (unpaired) electrons. The summed E-state index contributed by atoms with van der Waals surface area (Å²) in [4.78, 5) is 21.5. The SMILES string of the molecule is C[C@H]1CN(c2cc(C(F)(F)F)cc(-c3ccnc4c3[C@H](C(F)(F)P)OC(=O)N4)n2)CCN1O. The predicted molar refractivity (Wildman–Crippen MR) is 110 cm³/mol. The number of cyclic esters (lactones) is 1. The number of ether oxygens (including phenoxy) is 1. The summed E-state index contributed by atoms with van der Waals surface area (Å²) in [5.41, 5.74) is -5.27. The first-order valence-corrected chi connectivity index (χ1v) is 10.4. The number of fused-ring (bicyclic) bond motifs is 1. The van der Waals surface area contributed by atoms with Crippen LogP contribution in [0.15, 0.2) is 24.4 Å². The molecule has 1 saturated heterocycles. The molecular weight excluding hydrogens is 472 g/mol. The number of aromatic nitrogens is 2. The van der Waals surface area contributed by atoms with E-state index in [9.17, 15) is 32.0 Å². The van der Waals surface area contributed by atoms with Gasteiger partial charge in [0, 0.05) is 37.4 Å². The summed E-state index contributed by atoms with van der Waals surface area (Å²) in [6.45, 7) is 2.28. The van der Waals surface area contributed by atoms with Gasteiger partial charge in [0.2, 0.25) is 0 Å². The Morgan fingerprint density at radius 3 is 2.61 bits per heavy atom. The number of alkyl halides is 5. The highest BCUT2D eigenvalue weighted by Crippen LogP contribution is 2.48. The van der Waals surface area contributed by atoms with E-state index in [4.69, 9.17) is 4.74 Å². The summed E-state index contributed by atoms with van der Waals surface area (Å²) < 4.78 is 74.4. The number of rotatable bonds is 3. The Labute approximate surface area is 186 Å². The van der Waals surface area contributed by atoms with Gasteiger partial charge in [-0.15, -0.1) is 0 Å². The van der Waals surface area contributed by atoms with Crippen molar-refractivity contribution in [2.45, 2.75) is 30.9 Å². The van der Waals surface area contributed by atoms with Crippen LogP contribution in [0.4, 0.5) is 38.4 Å². The summed E-state index contributed by atoms with van der Waals surface area (Å²) in [7, 11) is 1.27. The molecule has 0 bridgehead atoms. The van der Waals surface area contributed by atoms with Crippen LogP contribution in [-0.4, -0.2) is 57.7 Å². The largest absolute Gasteiger partial charge is 0.434 e. The maximum atomic E-state index is 14.3. The molecule has 14 heteroatoms. The molecular formula is C19H19F5N5O3P. The number of hydrogen-bond acceptors (Lipinski definition) is 7. The fraction of sp³-hybridized carbons (Fsp3) is 0.421. The molecule has 2 aromatic rings. The molecule has 0 aromatic carbocycles. The second kappa shape index (κ2) is 8.30. The van der Waals surface area contributed by atoms with E-state index in [-0.39, 0.29) is 54.1 Å². The number of pyridine rings is 2. The third kappa shape index (κ3) is 4.71. The van der Waals surface area contributed by atoms with Crippen LogP contribution in [0.25, 0.3) is 11.3 Å². The second-order valence-electron chi connectivity index (χ2n) is 7.76. The molecule has 0 spiro atoms. The minimum absolute atomic E-state index is 0.0275. The van der Waals surface area contributed by atoms with Gasteiger partial charge in [-0.25, -0.2) is 14.8 Å². The van der Waals surface area contributed by atoms with Crippen molar-refractivity contribution in [1.82, 2.24) is 15.0 Å². The molecule has 1 unspecified atom stereocenters. The Hall–Kier alpha value is -2.63. The fourth-order valence-corrected chi connectivity index (χ4v) is 4.00. The van der Waals surface area contributed by atoms with Crippen LogP contribution in [-0.2, 0) is 10.9 Å². The van der Waals surface area contributed by atoms with Gasteiger partial charge in [0.15, 0.2) is 6.10 Å². The van der Waals surface area contributed by atoms with E-state index in [2.05, 4.69) is 15.3 Å². The number of piperazine rings is 1. The van der Waals surface area contributed by atoms with Crippen LogP contribution in [0, 0.1) is 0 Å². The van der Waals surface area contributed by atoms with Gasteiger partial charge >= 0.3 is 12.3 Å². The van der Waals surface area contributed by atoms with E-state index < -0.39 is 29.6 Å². The van der Waals surface area contributed by atoms with Gasteiger partial charge in [0.1, 0.15) is 11.6 Å². The number of nitrogens with zero attached hydrogens (tertiary/aromatic N) is 4. The minimum Gasteiger partial charge on any atom is -0.434 e. The number of anilines is 2. The average Bonchev–Trinajstić information content (AvgIpc) is 2.73. The normalized spacial score (nSPS) is 21.9. The van der Waals surface area contributed by atoms with Crippen LogP contribution in [0.3, 0.4) is 0 Å². The topological polar surface area (TPSA) is 90.8 Å². The van der Waals surface area contributed by atoms with Crippen molar-refractivity contribution in [1.29, 1.82) is 0 Å². The second-order valence-corrected chi connectivity index (χ2v) is 8.53. The van der Waals surface area contributed by atoms with Gasteiger partial charge in [-0.05, 0) is 25.1 Å². The third-order valence-corrected chi connectivity index (χ3v) is 5.68. The molecule has 1 fully saturated rings. The Morgan fingerprint density at radius 1 is 1.24 bits per heavy atom. The van der Waals surface area contributed by atoms with E-state index >= 15 is 0 Å². The lowest BCUT2D eigenvalue weighted by atomic mass is 9.98. The van der Waals surface area contributed by atoms with Crippen LogP contribution >= 0.6 is 9.24 Å². The van der Waals surface area contributed by atoms with Crippen LogP contribution < -0.4 is 10.2 Å². The first-order valence-electron chi connectivity index (χ1n) is 9.78. The van der Waals surface area contributed by atoms with Crippen molar-refractivity contribution in [3.63, 3.8) is 0 Å². The fourth-order valence-electron chi connectivity index (χ4n) is 3.76.